The third-order valence-corrected chi connectivity index (χ3v) is 2.02. The van der Waals surface area contributed by atoms with Gasteiger partial charge >= 0.3 is 6.03 Å². The van der Waals surface area contributed by atoms with E-state index in [2.05, 4.69) is 15.8 Å². The Hall–Kier alpha value is -1.10. The molecule has 0 aromatic rings. The molecule has 0 saturated carbocycles. The number of carbonyl (C=O) groups is 1. The molecule has 0 aromatic heterocycles. The van der Waals surface area contributed by atoms with E-state index in [9.17, 15) is 4.79 Å². The van der Waals surface area contributed by atoms with E-state index in [4.69, 9.17) is 4.74 Å². The Morgan fingerprint density at radius 3 is 2.77 bits per heavy atom. The van der Waals surface area contributed by atoms with Crippen LogP contribution in [0.2, 0.25) is 0 Å². The van der Waals surface area contributed by atoms with E-state index in [1.54, 1.807) is 7.05 Å². The van der Waals surface area contributed by atoms with E-state index >= 15 is 0 Å². The SMILES string of the molecule is CNC(=O)N/N=C1/CCOC1(C)C. The first-order chi connectivity index (χ1) is 6.06. The lowest BCUT2D eigenvalue weighted by Crippen LogP contribution is -2.34. The van der Waals surface area contributed by atoms with Gasteiger partial charge in [0.15, 0.2) is 0 Å². The van der Waals surface area contributed by atoms with Crippen molar-refractivity contribution in [1.29, 1.82) is 0 Å². The van der Waals surface area contributed by atoms with Crippen LogP contribution in [0.5, 0.6) is 0 Å². The summed E-state index contributed by atoms with van der Waals surface area (Å²) in [5.41, 5.74) is 2.91. The molecule has 0 radical (unpaired) electrons. The first-order valence-electron chi connectivity index (χ1n) is 4.25. The highest BCUT2D eigenvalue weighted by Crippen LogP contribution is 2.21. The molecule has 1 saturated heterocycles. The summed E-state index contributed by atoms with van der Waals surface area (Å²) in [6, 6.07) is -0.310. The maximum absolute atomic E-state index is 10.8. The minimum absolute atomic E-state index is 0.310. The van der Waals surface area contributed by atoms with Crippen LogP contribution >= 0.6 is 0 Å². The highest BCUT2D eigenvalue weighted by Gasteiger charge is 2.31. The Balaban J connectivity index is 2.56. The van der Waals surface area contributed by atoms with Crippen molar-refractivity contribution in [1.82, 2.24) is 10.7 Å². The fourth-order valence-electron chi connectivity index (χ4n) is 1.15. The number of amides is 2. The summed E-state index contributed by atoms with van der Waals surface area (Å²) >= 11 is 0. The molecule has 74 valence electrons. The topological polar surface area (TPSA) is 62.7 Å². The summed E-state index contributed by atoms with van der Waals surface area (Å²) in [5.74, 6) is 0. The van der Waals surface area contributed by atoms with Gasteiger partial charge in [0.05, 0.1) is 12.3 Å². The molecule has 2 amide bonds. The smallest absolute Gasteiger partial charge is 0.334 e. The standard InChI is InChI=1S/C8H15N3O2/c1-8(2)6(4-5-13-8)10-11-7(12)9-3/h4-5H2,1-3H3,(H2,9,11,12)/b10-6-. The van der Waals surface area contributed by atoms with Crippen molar-refractivity contribution in [2.75, 3.05) is 13.7 Å². The molecule has 0 spiro atoms. The van der Waals surface area contributed by atoms with Crippen molar-refractivity contribution in [2.24, 2.45) is 5.10 Å². The predicted octanol–water partition coefficient (Wildman–Crippen LogP) is 0.470. The van der Waals surface area contributed by atoms with E-state index in [1.807, 2.05) is 13.8 Å². The van der Waals surface area contributed by atoms with E-state index in [0.717, 1.165) is 12.1 Å². The van der Waals surface area contributed by atoms with E-state index in [-0.39, 0.29) is 11.6 Å². The molecule has 0 aliphatic carbocycles. The Morgan fingerprint density at radius 2 is 2.31 bits per heavy atom. The number of hydrogen-bond donors (Lipinski definition) is 2. The van der Waals surface area contributed by atoms with Crippen molar-refractivity contribution in [3.63, 3.8) is 0 Å². The molecule has 1 fully saturated rings. The second-order valence-corrected chi connectivity index (χ2v) is 3.36. The van der Waals surface area contributed by atoms with Crippen LogP contribution in [-0.4, -0.2) is 31.0 Å². The number of ether oxygens (including phenoxy) is 1. The summed E-state index contributed by atoms with van der Waals surface area (Å²) in [4.78, 5) is 10.8. The lowest BCUT2D eigenvalue weighted by Gasteiger charge is -2.17. The van der Waals surface area contributed by atoms with E-state index < -0.39 is 0 Å². The van der Waals surface area contributed by atoms with Gasteiger partial charge in [-0.25, -0.2) is 10.2 Å². The maximum atomic E-state index is 10.8. The molecule has 1 aliphatic heterocycles. The van der Waals surface area contributed by atoms with Gasteiger partial charge in [0, 0.05) is 13.5 Å². The van der Waals surface area contributed by atoms with Gasteiger partial charge in [-0.3, -0.25) is 0 Å². The number of nitrogens with one attached hydrogen (secondary N) is 2. The van der Waals surface area contributed by atoms with Crippen LogP contribution in [0.3, 0.4) is 0 Å². The number of nitrogens with zero attached hydrogens (tertiary/aromatic N) is 1. The summed E-state index contributed by atoms with van der Waals surface area (Å²) in [5, 5.41) is 6.39. The van der Waals surface area contributed by atoms with Crippen LogP contribution in [0.25, 0.3) is 0 Å². The first-order valence-corrected chi connectivity index (χ1v) is 4.25. The van der Waals surface area contributed by atoms with Gasteiger partial charge in [0.25, 0.3) is 0 Å². The molecule has 2 N–H and O–H groups in total. The number of hydrogen-bond acceptors (Lipinski definition) is 3. The van der Waals surface area contributed by atoms with Crippen LogP contribution in [0.15, 0.2) is 5.10 Å². The summed E-state index contributed by atoms with van der Waals surface area (Å²) in [6.45, 7) is 4.54. The highest BCUT2D eigenvalue weighted by molar-refractivity contribution is 5.94. The molecular weight excluding hydrogens is 170 g/mol. The molecule has 5 nitrogen and oxygen atoms in total. The molecule has 1 aliphatic rings. The maximum Gasteiger partial charge on any atom is 0.334 e. The van der Waals surface area contributed by atoms with Gasteiger partial charge in [-0.05, 0) is 13.8 Å². The van der Waals surface area contributed by atoms with Gasteiger partial charge in [-0.15, -0.1) is 0 Å². The zero-order valence-corrected chi connectivity index (χ0v) is 8.18. The summed E-state index contributed by atoms with van der Waals surface area (Å²) in [6.07, 6.45) is 0.775. The highest BCUT2D eigenvalue weighted by atomic mass is 16.5. The molecular formula is C8H15N3O2. The van der Waals surface area contributed by atoms with E-state index in [0.29, 0.717) is 6.61 Å². The van der Waals surface area contributed by atoms with Crippen LogP contribution in [0.1, 0.15) is 20.3 Å². The second kappa shape index (κ2) is 3.74. The number of hydrazone groups is 1. The Kier molecular flexibility index (Phi) is 2.87. The van der Waals surface area contributed by atoms with Gasteiger partial charge < -0.3 is 10.1 Å². The fraction of sp³-hybridized carbons (Fsp3) is 0.750. The van der Waals surface area contributed by atoms with Gasteiger partial charge in [0.2, 0.25) is 0 Å². The zero-order valence-electron chi connectivity index (χ0n) is 8.18. The van der Waals surface area contributed by atoms with Crippen molar-refractivity contribution < 1.29 is 9.53 Å². The fourth-order valence-corrected chi connectivity index (χ4v) is 1.15. The normalized spacial score (nSPS) is 23.2. The number of carbonyl (C=O) groups excluding carboxylic acids is 1. The average Bonchev–Trinajstić information content (AvgIpc) is 2.41. The molecule has 0 atom stereocenters. The van der Waals surface area contributed by atoms with Crippen molar-refractivity contribution in [3.8, 4) is 0 Å². The molecule has 5 heteroatoms. The number of urea groups is 1. The van der Waals surface area contributed by atoms with Crippen LogP contribution in [0.4, 0.5) is 4.79 Å². The van der Waals surface area contributed by atoms with Crippen molar-refractivity contribution in [2.45, 2.75) is 25.9 Å². The van der Waals surface area contributed by atoms with Crippen molar-refractivity contribution in [3.05, 3.63) is 0 Å². The molecule has 1 rings (SSSR count). The van der Waals surface area contributed by atoms with Gasteiger partial charge in [-0.1, -0.05) is 0 Å². The average molecular weight is 185 g/mol. The molecule has 0 aromatic carbocycles. The zero-order chi connectivity index (χ0) is 9.90. The summed E-state index contributed by atoms with van der Waals surface area (Å²) in [7, 11) is 1.55. The Morgan fingerprint density at radius 1 is 1.62 bits per heavy atom. The monoisotopic (exact) mass is 185 g/mol. The van der Waals surface area contributed by atoms with Gasteiger partial charge in [0.1, 0.15) is 5.60 Å². The predicted molar refractivity (Wildman–Crippen MR) is 49.7 cm³/mol. The molecule has 13 heavy (non-hydrogen) atoms. The van der Waals surface area contributed by atoms with Gasteiger partial charge in [-0.2, -0.15) is 5.10 Å². The largest absolute Gasteiger partial charge is 0.369 e. The molecule has 0 bridgehead atoms. The second-order valence-electron chi connectivity index (χ2n) is 3.36. The lowest BCUT2D eigenvalue weighted by atomic mass is 10.0. The Bertz CT molecular complexity index is 236. The molecule has 0 unspecified atom stereocenters. The minimum atomic E-state index is -0.346. The Labute approximate surface area is 77.5 Å². The van der Waals surface area contributed by atoms with Crippen LogP contribution in [0, 0.1) is 0 Å². The third kappa shape index (κ3) is 2.42. The van der Waals surface area contributed by atoms with E-state index in [1.165, 1.54) is 0 Å². The molecule has 1 heterocycles. The lowest BCUT2D eigenvalue weighted by molar-refractivity contribution is 0.0679. The van der Waals surface area contributed by atoms with Crippen LogP contribution in [-0.2, 0) is 4.74 Å². The summed E-state index contributed by atoms with van der Waals surface area (Å²) < 4.78 is 5.42. The number of rotatable bonds is 1. The van der Waals surface area contributed by atoms with Crippen LogP contribution < -0.4 is 10.7 Å². The minimum Gasteiger partial charge on any atom is -0.369 e. The third-order valence-electron chi connectivity index (χ3n) is 2.02. The van der Waals surface area contributed by atoms with Crippen molar-refractivity contribution >= 4 is 11.7 Å². The first kappa shape index (κ1) is 9.98. The quantitative estimate of drug-likeness (QED) is 0.583.